The summed E-state index contributed by atoms with van der Waals surface area (Å²) in [6.07, 6.45) is 5.29. The van der Waals surface area contributed by atoms with Crippen molar-refractivity contribution in [2.24, 2.45) is 5.73 Å². The minimum atomic E-state index is -0.746. The molecule has 4 heteroatoms. The summed E-state index contributed by atoms with van der Waals surface area (Å²) in [5.74, 6) is 0. The van der Waals surface area contributed by atoms with Crippen LogP contribution < -0.4 is 5.73 Å². The molecule has 3 nitrogen and oxygen atoms in total. The fourth-order valence-electron chi connectivity index (χ4n) is 3.53. The molecule has 124 valence electrons. The summed E-state index contributed by atoms with van der Waals surface area (Å²) in [5, 5.41) is 11.6. The molecule has 0 saturated heterocycles. The van der Waals surface area contributed by atoms with Crippen LogP contribution in [0.3, 0.4) is 0 Å². The number of benzene rings is 1. The van der Waals surface area contributed by atoms with Gasteiger partial charge in [0.1, 0.15) is 0 Å². The zero-order valence-electron chi connectivity index (χ0n) is 13.6. The molecule has 0 radical (unpaired) electrons. The second-order valence-electron chi connectivity index (χ2n) is 6.65. The zero-order valence-corrected chi connectivity index (χ0v) is 14.4. The third kappa shape index (κ3) is 3.65. The maximum Gasteiger partial charge on any atom is 0.0682 e. The Morgan fingerprint density at radius 3 is 2.45 bits per heavy atom. The standard InChI is InChI=1S/C18H28ClNO2/c1-3-17(21,11-12-22-2)13-16(20)18(9-4-10-18)14-5-7-15(19)8-6-14/h5-8,16,21H,3-4,9-13,20H2,1-2H3. The zero-order chi connectivity index (χ0) is 16.2. The summed E-state index contributed by atoms with van der Waals surface area (Å²) in [6.45, 7) is 2.57. The second-order valence-corrected chi connectivity index (χ2v) is 7.08. The van der Waals surface area contributed by atoms with Crippen molar-refractivity contribution in [3.63, 3.8) is 0 Å². The number of aliphatic hydroxyl groups is 1. The second kappa shape index (κ2) is 7.31. The Morgan fingerprint density at radius 2 is 2.00 bits per heavy atom. The van der Waals surface area contributed by atoms with Crippen LogP contribution in [-0.4, -0.2) is 30.5 Å². The van der Waals surface area contributed by atoms with E-state index in [4.69, 9.17) is 22.1 Å². The van der Waals surface area contributed by atoms with Gasteiger partial charge in [-0.05, 0) is 49.8 Å². The number of ether oxygens (including phenoxy) is 1. The van der Waals surface area contributed by atoms with Crippen LogP contribution in [-0.2, 0) is 10.2 Å². The first-order valence-electron chi connectivity index (χ1n) is 8.19. The lowest BCUT2D eigenvalue weighted by atomic mass is 9.58. The number of methoxy groups -OCH3 is 1. The average Bonchev–Trinajstić information content (AvgIpc) is 2.46. The molecule has 1 aliphatic carbocycles. The highest BCUT2D eigenvalue weighted by atomic mass is 35.5. The molecular formula is C18H28ClNO2. The highest BCUT2D eigenvalue weighted by Gasteiger charge is 2.46. The minimum absolute atomic E-state index is 0.0131. The van der Waals surface area contributed by atoms with Gasteiger partial charge in [-0.1, -0.05) is 37.1 Å². The fourth-order valence-corrected chi connectivity index (χ4v) is 3.66. The van der Waals surface area contributed by atoms with Crippen molar-refractivity contribution in [1.82, 2.24) is 0 Å². The van der Waals surface area contributed by atoms with Gasteiger partial charge in [-0.15, -0.1) is 0 Å². The van der Waals surface area contributed by atoms with Crippen LogP contribution >= 0.6 is 11.6 Å². The van der Waals surface area contributed by atoms with E-state index in [-0.39, 0.29) is 11.5 Å². The van der Waals surface area contributed by atoms with Crippen LogP contribution in [0.5, 0.6) is 0 Å². The summed E-state index contributed by atoms with van der Waals surface area (Å²) >= 11 is 6.00. The third-order valence-electron chi connectivity index (χ3n) is 5.40. The lowest BCUT2D eigenvalue weighted by Gasteiger charge is -2.49. The van der Waals surface area contributed by atoms with Crippen molar-refractivity contribution in [2.45, 2.75) is 62.5 Å². The fraction of sp³-hybridized carbons (Fsp3) is 0.667. The van der Waals surface area contributed by atoms with E-state index in [0.717, 1.165) is 17.9 Å². The lowest BCUT2D eigenvalue weighted by Crippen LogP contribution is -2.54. The van der Waals surface area contributed by atoms with E-state index in [1.807, 2.05) is 19.1 Å². The molecular weight excluding hydrogens is 298 g/mol. The van der Waals surface area contributed by atoms with Crippen LogP contribution in [0.15, 0.2) is 24.3 Å². The summed E-state index contributed by atoms with van der Waals surface area (Å²) in [5.41, 5.74) is 7.08. The van der Waals surface area contributed by atoms with E-state index in [9.17, 15) is 5.11 Å². The lowest BCUT2D eigenvalue weighted by molar-refractivity contribution is -0.0193. The highest BCUT2D eigenvalue weighted by Crippen LogP contribution is 2.48. The Balaban J connectivity index is 2.14. The average molecular weight is 326 g/mol. The molecule has 1 aliphatic rings. The smallest absolute Gasteiger partial charge is 0.0682 e. The quantitative estimate of drug-likeness (QED) is 0.767. The Kier molecular flexibility index (Phi) is 5.89. The number of rotatable bonds is 8. The topological polar surface area (TPSA) is 55.5 Å². The van der Waals surface area contributed by atoms with E-state index in [1.165, 1.54) is 12.0 Å². The molecule has 0 bridgehead atoms. The molecule has 0 amide bonds. The molecule has 0 aromatic heterocycles. The van der Waals surface area contributed by atoms with E-state index in [2.05, 4.69) is 12.1 Å². The summed E-state index contributed by atoms with van der Waals surface area (Å²) in [7, 11) is 1.66. The number of halogens is 1. The third-order valence-corrected chi connectivity index (χ3v) is 5.66. The minimum Gasteiger partial charge on any atom is -0.390 e. The molecule has 0 aliphatic heterocycles. The Morgan fingerprint density at radius 1 is 1.36 bits per heavy atom. The van der Waals surface area contributed by atoms with Gasteiger partial charge in [0.05, 0.1) is 5.60 Å². The first-order chi connectivity index (χ1) is 10.5. The van der Waals surface area contributed by atoms with Gasteiger partial charge >= 0.3 is 0 Å². The van der Waals surface area contributed by atoms with Crippen LogP contribution in [0, 0.1) is 0 Å². The normalized spacial score (nSPS) is 21.0. The molecule has 1 aromatic rings. The van der Waals surface area contributed by atoms with Crippen molar-refractivity contribution < 1.29 is 9.84 Å². The van der Waals surface area contributed by atoms with Gasteiger partial charge in [-0.3, -0.25) is 0 Å². The van der Waals surface area contributed by atoms with Crippen LogP contribution in [0.4, 0.5) is 0 Å². The number of nitrogens with two attached hydrogens (primary N) is 1. The van der Waals surface area contributed by atoms with Crippen molar-refractivity contribution in [3.05, 3.63) is 34.9 Å². The highest BCUT2D eigenvalue weighted by molar-refractivity contribution is 6.30. The molecule has 1 aromatic carbocycles. The molecule has 2 atom stereocenters. The van der Waals surface area contributed by atoms with Gasteiger partial charge < -0.3 is 15.6 Å². The molecule has 22 heavy (non-hydrogen) atoms. The van der Waals surface area contributed by atoms with Gasteiger partial charge in [0, 0.05) is 30.2 Å². The van der Waals surface area contributed by atoms with Crippen LogP contribution in [0.1, 0.15) is 51.0 Å². The van der Waals surface area contributed by atoms with Crippen molar-refractivity contribution in [2.75, 3.05) is 13.7 Å². The summed E-state index contributed by atoms with van der Waals surface area (Å²) < 4.78 is 5.13. The largest absolute Gasteiger partial charge is 0.390 e. The predicted molar refractivity (Wildman–Crippen MR) is 91.3 cm³/mol. The number of hydrogen-bond donors (Lipinski definition) is 2. The monoisotopic (exact) mass is 325 g/mol. The first kappa shape index (κ1) is 17.7. The number of hydrogen-bond acceptors (Lipinski definition) is 3. The van der Waals surface area contributed by atoms with Crippen molar-refractivity contribution in [3.8, 4) is 0 Å². The van der Waals surface area contributed by atoms with Crippen LogP contribution in [0.2, 0.25) is 5.02 Å². The van der Waals surface area contributed by atoms with Gasteiger partial charge in [0.2, 0.25) is 0 Å². The summed E-state index contributed by atoms with van der Waals surface area (Å²) in [6, 6.07) is 7.98. The first-order valence-corrected chi connectivity index (χ1v) is 8.56. The molecule has 0 heterocycles. The van der Waals surface area contributed by atoms with Crippen molar-refractivity contribution in [1.29, 1.82) is 0 Å². The van der Waals surface area contributed by atoms with E-state index in [1.54, 1.807) is 7.11 Å². The molecule has 2 rings (SSSR count). The van der Waals surface area contributed by atoms with E-state index >= 15 is 0 Å². The SMILES string of the molecule is CCC(O)(CCOC)CC(N)C1(c2ccc(Cl)cc2)CCC1. The Bertz CT molecular complexity index is 472. The van der Waals surface area contributed by atoms with Gasteiger partial charge in [0.15, 0.2) is 0 Å². The molecule has 0 spiro atoms. The van der Waals surface area contributed by atoms with Gasteiger partial charge in [0.25, 0.3) is 0 Å². The molecule has 3 N–H and O–H groups in total. The van der Waals surface area contributed by atoms with E-state index < -0.39 is 5.60 Å². The predicted octanol–water partition coefficient (Wildman–Crippen LogP) is 3.66. The van der Waals surface area contributed by atoms with E-state index in [0.29, 0.717) is 25.9 Å². The van der Waals surface area contributed by atoms with Gasteiger partial charge in [-0.2, -0.15) is 0 Å². The maximum absolute atomic E-state index is 10.8. The van der Waals surface area contributed by atoms with Crippen molar-refractivity contribution >= 4 is 11.6 Å². The Hall–Kier alpha value is -0.610. The molecule has 2 unspecified atom stereocenters. The van der Waals surface area contributed by atoms with Gasteiger partial charge in [-0.25, -0.2) is 0 Å². The maximum atomic E-state index is 10.8. The molecule has 1 fully saturated rings. The Labute approximate surface area is 138 Å². The van der Waals surface area contributed by atoms with Crippen LogP contribution in [0.25, 0.3) is 0 Å². The molecule has 1 saturated carbocycles. The summed E-state index contributed by atoms with van der Waals surface area (Å²) in [4.78, 5) is 0.